The summed E-state index contributed by atoms with van der Waals surface area (Å²) in [5.41, 5.74) is 6.17. The lowest BCUT2D eigenvalue weighted by Gasteiger charge is -2.31. The van der Waals surface area contributed by atoms with Crippen molar-refractivity contribution in [3.63, 3.8) is 0 Å². The van der Waals surface area contributed by atoms with E-state index >= 15 is 0 Å². The highest BCUT2D eigenvalue weighted by Gasteiger charge is 2.23. The number of thiophene rings is 1. The summed E-state index contributed by atoms with van der Waals surface area (Å²) in [4.78, 5) is 44.1. The monoisotopic (exact) mass is 747 g/mol. The summed E-state index contributed by atoms with van der Waals surface area (Å²) in [6.45, 7) is 3.96. The molecule has 272 valence electrons. The van der Waals surface area contributed by atoms with Crippen LogP contribution >= 0.6 is 22.7 Å². The number of aromatic hydroxyl groups is 1. The molecule has 0 atom stereocenters. The maximum atomic E-state index is 13.0. The number of H-pyrrole nitrogens is 1. The third-order valence-corrected chi connectivity index (χ3v) is 11.4. The molecule has 0 aliphatic carbocycles. The normalized spacial score (nSPS) is 13.6. The summed E-state index contributed by atoms with van der Waals surface area (Å²) >= 11 is 2.56. The number of thiazole rings is 1. The molecule has 7 rings (SSSR count). The number of carbonyl (C=O) groups is 2. The first-order valence-electron chi connectivity index (χ1n) is 17.8. The van der Waals surface area contributed by atoms with E-state index in [1.165, 1.54) is 16.9 Å². The number of ether oxygens (including phenoxy) is 1. The molecule has 0 saturated carbocycles. The number of anilines is 2. The molecule has 1 fully saturated rings. The first kappa shape index (κ1) is 36.1. The summed E-state index contributed by atoms with van der Waals surface area (Å²) in [6.07, 6.45) is 2.65. The van der Waals surface area contributed by atoms with Gasteiger partial charge in [0.25, 0.3) is 5.91 Å². The van der Waals surface area contributed by atoms with Crippen LogP contribution in [0, 0.1) is 0 Å². The van der Waals surface area contributed by atoms with Crippen LogP contribution in [0.2, 0.25) is 0 Å². The van der Waals surface area contributed by atoms with Gasteiger partial charge in [-0.1, -0.05) is 78.1 Å². The molecule has 1 aliphatic rings. The Morgan fingerprint density at radius 1 is 0.849 bits per heavy atom. The fraction of sp³-hybridized carbons (Fsp3) is 0.244. The van der Waals surface area contributed by atoms with E-state index in [2.05, 4.69) is 38.0 Å². The van der Waals surface area contributed by atoms with Crippen LogP contribution in [-0.4, -0.2) is 59.3 Å². The van der Waals surface area contributed by atoms with Crippen molar-refractivity contribution in [1.82, 2.24) is 15.2 Å². The van der Waals surface area contributed by atoms with Gasteiger partial charge in [-0.05, 0) is 85.3 Å². The van der Waals surface area contributed by atoms with Crippen molar-refractivity contribution in [2.75, 3.05) is 36.8 Å². The van der Waals surface area contributed by atoms with E-state index in [1.807, 2.05) is 84.9 Å². The summed E-state index contributed by atoms with van der Waals surface area (Å²) < 4.78 is 6.58. The van der Waals surface area contributed by atoms with Crippen molar-refractivity contribution in [2.45, 2.75) is 38.3 Å². The third kappa shape index (κ3) is 9.40. The predicted molar refractivity (Wildman–Crippen MR) is 213 cm³/mol. The first-order chi connectivity index (χ1) is 25.9. The number of likely N-dealkylation sites (tertiary alicyclic amines) is 1. The smallest absolute Gasteiger partial charge is 0.411 e. The zero-order chi connectivity index (χ0) is 36.6. The molecule has 0 bridgehead atoms. The Kier molecular flexibility index (Phi) is 11.6. The topological polar surface area (TPSA) is 136 Å². The second-order valence-corrected chi connectivity index (χ2v) is 15.2. The number of para-hydroxylation sites is 1. The molecule has 1 aliphatic heterocycles. The Morgan fingerprint density at radius 2 is 1.62 bits per heavy atom. The molecule has 0 spiro atoms. The highest BCUT2D eigenvalue weighted by Crippen LogP contribution is 2.29. The molecular formula is C41H41N5O5S2. The number of phenols is 1. The molecule has 4 aromatic carbocycles. The Balaban J connectivity index is 0.802. The molecule has 5 N–H and O–H groups in total. The molecule has 10 nitrogen and oxygen atoms in total. The minimum atomic E-state index is -0.422. The number of aromatic nitrogens is 1. The number of nitrogens with one attached hydrogen (secondary N) is 4. The van der Waals surface area contributed by atoms with Crippen molar-refractivity contribution < 1.29 is 19.4 Å². The van der Waals surface area contributed by atoms with Gasteiger partial charge in [-0.3, -0.25) is 14.9 Å². The van der Waals surface area contributed by atoms with Crippen LogP contribution in [0.3, 0.4) is 0 Å². The molecule has 2 amide bonds. The molecule has 53 heavy (non-hydrogen) atoms. The zero-order valence-corrected chi connectivity index (χ0v) is 30.7. The summed E-state index contributed by atoms with van der Waals surface area (Å²) in [6, 6.07) is 33.0. The maximum Gasteiger partial charge on any atom is 0.411 e. The first-order valence-corrected chi connectivity index (χ1v) is 19.4. The number of phenolic OH excluding ortho intramolecular Hbond substituents is 1. The average molecular weight is 748 g/mol. The second-order valence-electron chi connectivity index (χ2n) is 13.0. The largest absolute Gasteiger partial charge is 0.506 e. The number of aromatic amines is 1. The Bertz CT molecular complexity index is 2220. The van der Waals surface area contributed by atoms with E-state index in [9.17, 15) is 19.5 Å². The van der Waals surface area contributed by atoms with Crippen LogP contribution in [0.25, 0.3) is 21.3 Å². The summed E-state index contributed by atoms with van der Waals surface area (Å²) in [7, 11) is 0. The Labute approximate surface area is 315 Å². The number of hydrogen-bond acceptors (Lipinski definition) is 9. The van der Waals surface area contributed by atoms with Gasteiger partial charge in [0.1, 0.15) is 17.4 Å². The number of piperidine rings is 1. The number of carbonyl (C=O) groups excluding carboxylic acids is 2. The van der Waals surface area contributed by atoms with Gasteiger partial charge in [0.15, 0.2) is 0 Å². The second kappa shape index (κ2) is 17.0. The van der Waals surface area contributed by atoms with Crippen molar-refractivity contribution in [3.8, 4) is 16.9 Å². The lowest BCUT2D eigenvalue weighted by Crippen LogP contribution is -2.39. The van der Waals surface area contributed by atoms with Crippen molar-refractivity contribution >= 4 is 56.3 Å². The van der Waals surface area contributed by atoms with Crippen LogP contribution < -0.4 is 20.8 Å². The molecule has 1 saturated heterocycles. The van der Waals surface area contributed by atoms with E-state index in [0.29, 0.717) is 29.9 Å². The van der Waals surface area contributed by atoms with Gasteiger partial charge in [0.2, 0.25) is 0 Å². The maximum absolute atomic E-state index is 13.0. The summed E-state index contributed by atoms with van der Waals surface area (Å²) in [5, 5.41) is 19.4. The van der Waals surface area contributed by atoms with Crippen LogP contribution in [0.1, 0.15) is 38.5 Å². The van der Waals surface area contributed by atoms with Gasteiger partial charge in [-0.15, -0.1) is 11.3 Å². The number of amides is 2. The lowest BCUT2D eigenvalue weighted by molar-refractivity contribution is 0.0593. The molecule has 6 aromatic rings. The number of hydrogen-bond donors (Lipinski definition) is 5. The SMILES string of the molecule is O=C(Nc1ccccc1-c1ccccc1)OC1CCN(CCc2ccc(NC(=O)c3ccc(CNCCc4ccc(O)c5[nH]c(=O)sc45)s3)cc2)CC1. The van der Waals surface area contributed by atoms with E-state index in [4.69, 9.17) is 4.74 Å². The average Bonchev–Trinajstić information content (AvgIpc) is 3.82. The van der Waals surface area contributed by atoms with Gasteiger partial charge < -0.3 is 30.4 Å². The minimum absolute atomic E-state index is 0.0803. The molecule has 12 heteroatoms. The highest BCUT2D eigenvalue weighted by molar-refractivity contribution is 7.16. The molecule has 0 radical (unpaired) electrons. The van der Waals surface area contributed by atoms with Gasteiger partial charge in [0.05, 0.1) is 15.3 Å². The minimum Gasteiger partial charge on any atom is -0.506 e. The fourth-order valence-electron chi connectivity index (χ4n) is 6.54. The zero-order valence-electron chi connectivity index (χ0n) is 29.1. The molecule has 2 aromatic heterocycles. The number of nitrogens with zero attached hydrogens (tertiary/aromatic N) is 1. The number of rotatable bonds is 13. The molecule has 3 heterocycles. The number of benzene rings is 4. The van der Waals surface area contributed by atoms with Crippen LogP contribution in [0.5, 0.6) is 5.75 Å². The van der Waals surface area contributed by atoms with Gasteiger partial charge in [0, 0.05) is 42.3 Å². The predicted octanol–water partition coefficient (Wildman–Crippen LogP) is 7.86. The highest BCUT2D eigenvalue weighted by atomic mass is 32.1. The third-order valence-electron chi connectivity index (χ3n) is 9.38. The summed E-state index contributed by atoms with van der Waals surface area (Å²) in [5.74, 6) is -0.0567. The van der Waals surface area contributed by atoms with Crippen LogP contribution in [0.15, 0.2) is 108 Å². The van der Waals surface area contributed by atoms with Crippen LogP contribution in [0.4, 0.5) is 16.2 Å². The molecule has 0 unspecified atom stereocenters. The number of fused-ring (bicyclic) bond motifs is 1. The van der Waals surface area contributed by atoms with E-state index in [-0.39, 0.29) is 22.6 Å². The van der Waals surface area contributed by atoms with Gasteiger partial charge in [-0.2, -0.15) is 0 Å². The van der Waals surface area contributed by atoms with Gasteiger partial charge >= 0.3 is 11.0 Å². The van der Waals surface area contributed by atoms with Crippen LogP contribution in [-0.2, 0) is 24.1 Å². The Morgan fingerprint density at radius 3 is 2.43 bits per heavy atom. The van der Waals surface area contributed by atoms with Crippen molar-refractivity contribution in [3.05, 3.63) is 134 Å². The lowest BCUT2D eigenvalue weighted by atomic mass is 10.0. The van der Waals surface area contributed by atoms with E-state index in [1.54, 1.807) is 6.07 Å². The van der Waals surface area contributed by atoms with E-state index < -0.39 is 6.09 Å². The van der Waals surface area contributed by atoms with Gasteiger partial charge in [-0.25, -0.2) is 4.79 Å². The standard InChI is InChI=1S/C41H41N5O5S2/c47-35-16-12-29(38-37(35)45-41(50)53-38)18-22-42-26-32-15-17-36(52-32)39(48)43-30-13-10-27(11-14-30)19-23-46-24-20-31(21-25-46)51-40(49)44-34-9-5-4-8-33(34)28-6-2-1-3-7-28/h1-17,31,42,47H,18-26H2,(H,43,48)(H,44,49)(H,45,50). The van der Waals surface area contributed by atoms with Crippen molar-refractivity contribution in [2.24, 2.45) is 0 Å². The Hall–Kier alpha value is -5.27. The van der Waals surface area contributed by atoms with E-state index in [0.717, 1.165) is 87.9 Å². The van der Waals surface area contributed by atoms with Crippen molar-refractivity contribution in [1.29, 1.82) is 0 Å². The fourth-order valence-corrected chi connectivity index (χ4v) is 8.31. The quantitative estimate of drug-likeness (QED) is 0.0760. The molecular weight excluding hydrogens is 707 g/mol.